The number of carbonyl (C=O) groups is 1. The number of benzene rings is 1. The smallest absolute Gasteiger partial charge is 0.319 e. The van der Waals surface area contributed by atoms with Crippen LogP contribution in [0.25, 0.3) is 11.5 Å². The third kappa shape index (κ3) is 4.55. The van der Waals surface area contributed by atoms with Crippen molar-refractivity contribution < 1.29 is 14.3 Å². The number of hydrogen-bond acceptors (Lipinski definition) is 5. The Balaban J connectivity index is 1.90. The topological polar surface area (TPSA) is 100 Å². The summed E-state index contributed by atoms with van der Waals surface area (Å²) in [6.45, 7) is 7.60. The van der Waals surface area contributed by atoms with Crippen LogP contribution in [0.5, 0.6) is 0 Å². The van der Waals surface area contributed by atoms with Gasteiger partial charge in [0, 0.05) is 24.7 Å². The Kier molecular flexibility index (Phi) is 5.56. The lowest BCUT2D eigenvalue weighted by Crippen LogP contribution is -2.46. The summed E-state index contributed by atoms with van der Waals surface area (Å²) in [5.41, 5.74) is 0.475. The molecule has 1 heterocycles. The van der Waals surface area contributed by atoms with E-state index < -0.39 is 5.60 Å². The first kappa shape index (κ1) is 17.9. The second-order valence-corrected chi connectivity index (χ2v) is 6.18. The van der Waals surface area contributed by atoms with Crippen LogP contribution in [0.15, 0.2) is 28.7 Å². The molecule has 0 saturated carbocycles. The standard InChI is InChI=1S/C17H24N4O3/c1-5-11(2)17(4,23)10-18-16(22)19-14-8-6-13(7-9-14)15-21-20-12(3)24-15/h6-9,11,23H,5,10H2,1-4H3,(H2,18,19,22). The molecule has 7 heteroatoms. The van der Waals surface area contributed by atoms with Crippen LogP contribution in [0.4, 0.5) is 10.5 Å². The van der Waals surface area contributed by atoms with Crippen LogP contribution in [0.1, 0.15) is 33.1 Å². The molecule has 24 heavy (non-hydrogen) atoms. The highest BCUT2D eigenvalue weighted by atomic mass is 16.4. The van der Waals surface area contributed by atoms with Gasteiger partial charge < -0.3 is 20.2 Å². The van der Waals surface area contributed by atoms with Crippen molar-refractivity contribution in [1.82, 2.24) is 15.5 Å². The number of anilines is 1. The van der Waals surface area contributed by atoms with Crippen LogP contribution < -0.4 is 10.6 Å². The summed E-state index contributed by atoms with van der Waals surface area (Å²) in [7, 11) is 0. The summed E-state index contributed by atoms with van der Waals surface area (Å²) in [4.78, 5) is 12.0. The maximum atomic E-state index is 12.0. The van der Waals surface area contributed by atoms with Gasteiger partial charge >= 0.3 is 6.03 Å². The van der Waals surface area contributed by atoms with Gasteiger partial charge in [0.15, 0.2) is 0 Å². The number of hydrogen-bond donors (Lipinski definition) is 3. The van der Waals surface area contributed by atoms with Crippen molar-refractivity contribution in [3.63, 3.8) is 0 Å². The Morgan fingerprint density at radius 1 is 1.33 bits per heavy atom. The number of aliphatic hydroxyl groups is 1. The number of rotatable bonds is 6. The molecule has 1 aromatic carbocycles. The van der Waals surface area contributed by atoms with Crippen LogP contribution in [-0.2, 0) is 0 Å². The number of nitrogens with one attached hydrogen (secondary N) is 2. The summed E-state index contributed by atoms with van der Waals surface area (Å²) in [6, 6.07) is 6.72. The predicted molar refractivity (Wildman–Crippen MR) is 91.6 cm³/mol. The number of amides is 2. The Hall–Kier alpha value is -2.41. The summed E-state index contributed by atoms with van der Waals surface area (Å²) in [5, 5.41) is 23.4. The normalized spacial score (nSPS) is 14.7. The van der Waals surface area contributed by atoms with Crippen molar-refractivity contribution >= 4 is 11.7 Å². The zero-order valence-corrected chi connectivity index (χ0v) is 14.5. The van der Waals surface area contributed by atoms with E-state index in [4.69, 9.17) is 4.42 Å². The average Bonchev–Trinajstić information content (AvgIpc) is 2.99. The maximum Gasteiger partial charge on any atom is 0.319 e. The van der Waals surface area contributed by atoms with Crippen molar-refractivity contribution in [2.24, 2.45) is 5.92 Å². The zero-order valence-electron chi connectivity index (χ0n) is 14.5. The predicted octanol–water partition coefficient (Wildman–Crippen LogP) is 2.96. The minimum atomic E-state index is -0.939. The molecule has 0 fully saturated rings. The lowest BCUT2D eigenvalue weighted by atomic mass is 9.89. The Morgan fingerprint density at radius 2 is 2.00 bits per heavy atom. The highest BCUT2D eigenvalue weighted by molar-refractivity contribution is 5.89. The third-order valence-electron chi connectivity index (χ3n) is 4.20. The van der Waals surface area contributed by atoms with Crippen LogP contribution >= 0.6 is 0 Å². The minimum absolute atomic E-state index is 0.0925. The number of urea groups is 1. The molecule has 2 rings (SSSR count). The molecule has 0 saturated heterocycles. The van der Waals surface area contributed by atoms with E-state index in [0.717, 1.165) is 12.0 Å². The molecule has 130 valence electrons. The lowest BCUT2D eigenvalue weighted by molar-refractivity contribution is 0.00827. The maximum absolute atomic E-state index is 12.0. The molecule has 7 nitrogen and oxygen atoms in total. The highest BCUT2D eigenvalue weighted by Crippen LogP contribution is 2.21. The molecule has 2 unspecified atom stereocenters. The van der Waals surface area contributed by atoms with E-state index >= 15 is 0 Å². The summed E-state index contributed by atoms with van der Waals surface area (Å²) < 4.78 is 5.35. The fourth-order valence-electron chi connectivity index (χ4n) is 2.16. The molecule has 2 amide bonds. The summed E-state index contributed by atoms with van der Waals surface area (Å²) in [5.74, 6) is 1.03. The van der Waals surface area contributed by atoms with Gasteiger partial charge in [0.25, 0.3) is 0 Å². The molecule has 0 aliphatic heterocycles. The van der Waals surface area contributed by atoms with Crippen LogP contribution in [0.2, 0.25) is 0 Å². The molecule has 2 aromatic rings. The number of aromatic nitrogens is 2. The van der Waals surface area contributed by atoms with E-state index in [-0.39, 0.29) is 18.5 Å². The van der Waals surface area contributed by atoms with Gasteiger partial charge in [-0.25, -0.2) is 4.79 Å². The Labute approximate surface area is 141 Å². The molecule has 0 bridgehead atoms. The number of aryl methyl sites for hydroxylation is 1. The Bertz CT molecular complexity index is 679. The first-order valence-electron chi connectivity index (χ1n) is 7.99. The van der Waals surface area contributed by atoms with Crippen LogP contribution in [0, 0.1) is 12.8 Å². The molecule has 0 aliphatic carbocycles. The highest BCUT2D eigenvalue weighted by Gasteiger charge is 2.27. The van der Waals surface area contributed by atoms with E-state index in [2.05, 4.69) is 20.8 Å². The number of carbonyl (C=O) groups excluding carboxylic acids is 1. The van der Waals surface area contributed by atoms with Gasteiger partial charge in [0.2, 0.25) is 11.8 Å². The third-order valence-corrected chi connectivity index (χ3v) is 4.20. The van der Waals surface area contributed by atoms with Crippen molar-refractivity contribution in [3.8, 4) is 11.5 Å². The summed E-state index contributed by atoms with van der Waals surface area (Å²) >= 11 is 0. The van der Waals surface area contributed by atoms with E-state index in [9.17, 15) is 9.90 Å². The second-order valence-electron chi connectivity index (χ2n) is 6.18. The van der Waals surface area contributed by atoms with Gasteiger partial charge in [-0.05, 0) is 37.1 Å². The SMILES string of the molecule is CCC(C)C(C)(O)CNC(=O)Nc1ccc(-c2nnc(C)o2)cc1. The molecular weight excluding hydrogens is 308 g/mol. The average molecular weight is 332 g/mol. The Morgan fingerprint density at radius 3 is 2.54 bits per heavy atom. The fraction of sp³-hybridized carbons (Fsp3) is 0.471. The van der Waals surface area contributed by atoms with Gasteiger partial charge in [-0.3, -0.25) is 0 Å². The molecule has 2 atom stereocenters. The van der Waals surface area contributed by atoms with Gasteiger partial charge in [-0.15, -0.1) is 10.2 Å². The van der Waals surface area contributed by atoms with Crippen molar-refractivity contribution in [3.05, 3.63) is 30.2 Å². The molecule has 3 N–H and O–H groups in total. The van der Waals surface area contributed by atoms with E-state index in [1.807, 2.05) is 13.8 Å². The molecule has 0 aliphatic rings. The largest absolute Gasteiger partial charge is 0.421 e. The van der Waals surface area contributed by atoms with E-state index in [1.54, 1.807) is 38.1 Å². The van der Waals surface area contributed by atoms with Gasteiger partial charge in [-0.2, -0.15) is 0 Å². The molecule has 0 spiro atoms. The zero-order chi connectivity index (χ0) is 17.7. The van der Waals surface area contributed by atoms with Crippen molar-refractivity contribution in [1.29, 1.82) is 0 Å². The van der Waals surface area contributed by atoms with Crippen LogP contribution in [-0.4, -0.2) is 33.5 Å². The fourth-order valence-corrected chi connectivity index (χ4v) is 2.16. The number of nitrogens with zero attached hydrogens (tertiary/aromatic N) is 2. The van der Waals surface area contributed by atoms with Gasteiger partial charge in [-0.1, -0.05) is 20.3 Å². The monoisotopic (exact) mass is 332 g/mol. The summed E-state index contributed by atoms with van der Waals surface area (Å²) in [6.07, 6.45) is 0.840. The molecular formula is C17H24N4O3. The van der Waals surface area contributed by atoms with E-state index in [0.29, 0.717) is 17.5 Å². The lowest BCUT2D eigenvalue weighted by Gasteiger charge is -2.29. The van der Waals surface area contributed by atoms with Gasteiger partial charge in [0.1, 0.15) is 0 Å². The minimum Gasteiger partial charge on any atom is -0.421 e. The van der Waals surface area contributed by atoms with Crippen molar-refractivity contribution in [2.45, 2.75) is 39.7 Å². The van der Waals surface area contributed by atoms with Crippen LogP contribution in [0.3, 0.4) is 0 Å². The molecule has 1 aromatic heterocycles. The first-order chi connectivity index (χ1) is 11.3. The van der Waals surface area contributed by atoms with E-state index in [1.165, 1.54) is 0 Å². The second kappa shape index (κ2) is 7.44. The first-order valence-corrected chi connectivity index (χ1v) is 7.99. The quantitative estimate of drug-likeness (QED) is 0.755. The van der Waals surface area contributed by atoms with Gasteiger partial charge in [0.05, 0.1) is 5.60 Å². The van der Waals surface area contributed by atoms with Crippen molar-refractivity contribution in [2.75, 3.05) is 11.9 Å². The molecule has 0 radical (unpaired) electrons.